The minimum Gasteiger partial charge on any atom is -0.481 e. The molecule has 0 aromatic heterocycles. The number of nitrogens with zero attached hydrogens (tertiary/aromatic N) is 1. The van der Waals surface area contributed by atoms with Gasteiger partial charge in [-0.05, 0) is 12.8 Å². The van der Waals surface area contributed by atoms with E-state index in [9.17, 15) is 13.2 Å². The first kappa shape index (κ1) is 16.4. The van der Waals surface area contributed by atoms with Gasteiger partial charge in [0.05, 0.1) is 17.9 Å². The van der Waals surface area contributed by atoms with Gasteiger partial charge in [-0.25, -0.2) is 8.42 Å². The van der Waals surface area contributed by atoms with Crippen LogP contribution in [-0.2, 0) is 14.6 Å². The topological polar surface area (TPSA) is 74.7 Å². The number of sulfone groups is 1. The van der Waals surface area contributed by atoms with Crippen LogP contribution in [0.3, 0.4) is 0 Å². The zero-order valence-corrected chi connectivity index (χ0v) is 12.7. The number of hydrogen-bond acceptors (Lipinski definition) is 4. The number of carboxylic acids is 1. The molecule has 1 atom stereocenters. The lowest BCUT2D eigenvalue weighted by molar-refractivity contribution is -0.138. The first-order chi connectivity index (χ1) is 8.89. The summed E-state index contributed by atoms with van der Waals surface area (Å²) < 4.78 is 23.4. The van der Waals surface area contributed by atoms with Crippen LogP contribution in [0.1, 0.15) is 46.0 Å². The predicted molar refractivity (Wildman–Crippen MR) is 75.0 cm³/mol. The Bertz CT molecular complexity index is 387. The van der Waals surface area contributed by atoms with Gasteiger partial charge in [0, 0.05) is 18.6 Å². The molecule has 1 heterocycles. The van der Waals surface area contributed by atoms with Crippen molar-refractivity contribution in [2.45, 2.75) is 58.0 Å². The van der Waals surface area contributed by atoms with Gasteiger partial charge >= 0.3 is 5.97 Å². The quantitative estimate of drug-likeness (QED) is 0.770. The molecule has 112 valence electrons. The second kappa shape index (κ2) is 7.24. The second-order valence-electron chi connectivity index (χ2n) is 5.34. The molecular weight excluding hydrogens is 266 g/mol. The number of rotatable bonds is 7. The summed E-state index contributed by atoms with van der Waals surface area (Å²) in [5, 5.41) is 8.97. The van der Waals surface area contributed by atoms with Crippen molar-refractivity contribution in [3.63, 3.8) is 0 Å². The molecule has 6 heteroatoms. The third kappa shape index (κ3) is 5.10. The smallest absolute Gasteiger partial charge is 0.304 e. The summed E-state index contributed by atoms with van der Waals surface area (Å²) in [6.07, 6.45) is 4.00. The molecule has 1 aliphatic heterocycles. The van der Waals surface area contributed by atoms with Crippen LogP contribution in [0.2, 0.25) is 0 Å². The Morgan fingerprint density at radius 2 is 1.89 bits per heavy atom. The molecule has 1 rings (SSSR count). The van der Waals surface area contributed by atoms with Crippen molar-refractivity contribution in [3.05, 3.63) is 0 Å². The molecule has 0 radical (unpaired) electrons. The van der Waals surface area contributed by atoms with Crippen molar-refractivity contribution in [3.8, 4) is 0 Å². The molecule has 1 saturated heterocycles. The van der Waals surface area contributed by atoms with Gasteiger partial charge in [0.15, 0.2) is 9.84 Å². The zero-order chi connectivity index (χ0) is 14.5. The third-order valence-electron chi connectivity index (χ3n) is 3.70. The number of hydrogen-bond donors (Lipinski definition) is 1. The SMILES string of the molecule is CCCC(CCC)N1CCS(=O)(=O)CC1CC(=O)O. The molecule has 1 aliphatic rings. The fourth-order valence-electron chi connectivity index (χ4n) is 2.90. The summed E-state index contributed by atoms with van der Waals surface area (Å²) in [5.41, 5.74) is 0. The van der Waals surface area contributed by atoms with Crippen molar-refractivity contribution in [2.24, 2.45) is 0 Å². The maximum Gasteiger partial charge on any atom is 0.304 e. The molecule has 0 bridgehead atoms. The minimum atomic E-state index is -3.08. The van der Waals surface area contributed by atoms with Gasteiger partial charge in [-0.3, -0.25) is 9.69 Å². The van der Waals surface area contributed by atoms with E-state index in [1.54, 1.807) is 0 Å². The molecular formula is C13H25NO4S. The van der Waals surface area contributed by atoms with Gasteiger partial charge in [0.25, 0.3) is 0 Å². The molecule has 1 N–H and O–H groups in total. The molecule has 0 spiro atoms. The Morgan fingerprint density at radius 3 is 2.37 bits per heavy atom. The largest absolute Gasteiger partial charge is 0.481 e. The van der Waals surface area contributed by atoms with Gasteiger partial charge in [0.1, 0.15) is 0 Å². The van der Waals surface area contributed by atoms with Gasteiger partial charge in [-0.1, -0.05) is 26.7 Å². The Labute approximate surface area is 115 Å². The van der Waals surface area contributed by atoms with Crippen molar-refractivity contribution in [1.29, 1.82) is 0 Å². The molecule has 0 saturated carbocycles. The molecule has 1 unspecified atom stereocenters. The van der Waals surface area contributed by atoms with E-state index < -0.39 is 15.8 Å². The molecule has 0 aromatic carbocycles. The average Bonchev–Trinajstić information content (AvgIpc) is 2.27. The van der Waals surface area contributed by atoms with E-state index >= 15 is 0 Å². The van der Waals surface area contributed by atoms with Crippen molar-refractivity contribution in [2.75, 3.05) is 18.1 Å². The molecule has 0 aliphatic carbocycles. The second-order valence-corrected chi connectivity index (χ2v) is 7.56. The highest BCUT2D eigenvalue weighted by Gasteiger charge is 2.35. The van der Waals surface area contributed by atoms with Crippen molar-refractivity contribution >= 4 is 15.8 Å². The Balaban J connectivity index is 2.84. The summed E-state index contributed by atoms with van der Waals surface area (Å²) in [4.78, 5) is 13.1. The van der Waals surface area contributed by atoms with Crippen LogP contribution >= 0.6 is 0 Å². The highest BCUT2D eigenvalue weighted by atomic mass is 32.2. The van der Waals surface area contributed by atoms with Crippen LogP contribution in [-0.4, -0.2) is 54.5 Å². The molecule has 19 heavy (non-hydrogen) atoms. The van der Waals surface area contributed by atoms with Gasteiger partial charge in [-0.2, -0.15) is 0 Å². The fraction of sp³-hybridized carbons (Fsp3) is 0.923. The summed E-state index contributed by atoms with van der Waals surface area (Å²) in [6.45, 7) is 4.69. The Hall–Kier alpha value is -0.620. The van der Waals surface area contributed by atoms with E-state index in [1.807, 2.05) is 0 Å². The summed E-state index contributed by atoms with van der Waals surface area (Å²) in [5.74, 6) is -0.769. The van der Waals surface area contributed by atoms with Gasteiger partial charge < -0.3 is 5.11 Å². The summed E-state index contributed by atoms with van der Waals surface area (Å²) in [7, 11) is -3.08. The standard InChI is InChI=1S/C13H25NO4S/c1-3-5-11(6-4-2)14-7-8-19(17,18)10-12(14)9-13(15)16/h11-12H,3-10H2,1-2H3,(H,15,16). The average molecular weight is 291 g/mol. The van der Waals surface area contributed by atoms with Gasteiger partial charge in [0.2, 0.25) is 0 Å². The monoisotopic (exact) mass is 291 g/mol. The van der Waals surface area contributed by atoms with E-state index in [4.69, 9.17) is 5.11 Å². The van der Waals surface area contributed by atoms with E-state index in [0.29, 0.717) is 12.6 Å². The van der Waals surface area contributed by atoms with E-state index in [0.717, 1.165) is 25.7 Å². The number of carboxylic acid groups (broad SMARTS) is 1. The Kier molecular flexibility index (Phi) is 6.26. The minimum absolute atomic E-state index is 0.0107. The van der Waals surface area contributed by atoms with Crippen LogP contribution in [0, 0.1) is 0 Å². The van der Waals surface area contributed by atoms with Crippen molar-refractivity contribution in [1.82, 2.24) is 4.90 Å². The first-order valence-corrected chi connectivity index (χ1v) is 8.89. The summed E-state index contributed by atoms with van der Waals surface area (Å²) >= 11 is 0. The van der Waals surface area contributed by atoms with Crippen LogP contribution in [0.25, 0.3) is 0 Å². The highest BCUT2D eigenvalue weighted by molar-refractivity contribution is 7.91. The van der Waals surface area contributed by atoms with E-state index in [2.05, 4.69) is 18.7 Å². The fourth-order valence-corrected chi connectivity index (χ4v) is 4.45. The lowest BCUT2D eigenvalue weighted by atomic mass is 10.0. The Morgan fingerprint density at radius 1 is 1.32 bits per heavy atom. The van der Waals surface area contributed by atoms with Crippen LogP contribution in [0.4, 0.5) is 0 Å². The molecule has 1 fully saturated rings. The highest BCUT2D eigenvalue weighted by Crippen LogP contribution is 2.23. The maximum atomic E-state index is 11.7. The predicted octanol–water partition coefficient (Wildman–Crippen LogP) is 1.53. The van der Waals surface area contributed by atoms with Crippen LogP contribution in [0.15, 0.2) is 0 Å². The lowest BCUT2D eigenvalue weighted by Gasteiger charge is -2.40. The molecule has 0 aromatic rings. The third-order valence-corrected chi connectivity index (χ3v) is 5.40. The first-order valence-electron chi connectivity index (χ1n) is 7.07. The number of aliphatic carboxylic acids is 1. The summed E-state index contributed by atoms with van der Waals surface area (Å²) in [6, 6.07) is -0.0470. The maximum absolute atomic E-state index is 11.7. The zero-order valence-electron chi connectivity index (χ0n) is 11.8. The van der Waals surface area contributed by atoms with E-state index in [1.165, 1.54) is 0 Å². The normalized spacial score (nSPS) is 23.6. The van der Waals surface area contributed by atoms with Crippen molar-refractivity contribution < 1.29 is 18.3 Å². The number of carbonyl (C=O) groups is 1. The molecule has 0 amide bonds. The van der Waals surface area contributed by atoms with Crippen LogP contribution < -0.4 is 0 Å². The van der Waals surface area contributed by atoms with Crippen LogP contribution in [0.5, 0.6) is 0 Å². The lowest BCUT2D eigenvalue weighted by Crippen LogP contribution is -2.53. The molecule has 5 nitrogen and oxygen atoms in total. The van der Waals surface area contributed by atoms with Gasteiger partial charge in [-0.15, -0.1) is 0 Å². The van der Waals surface area contributed by atoms with E-state index in [-0.39, 0.29) is 24.0 Å².